The molecule has 0 saturated heterocycles. The monoisotopic (exact) mass is 371 g/mol. The van der Waals surface area contributed by atoms with Gasteiger partial charge < -0.3 is 10.6 Å². The smallest absolute Gasteiger partial charge is 0.273 e. The lowest BCUT2D eigenvalue weighted by molar-refractivity contribution is 0.0747. The van der Waals surface area contributed by atoms with E-state index in [9.17, 15) is 4.79 Å². The average Bonchev–Trinajstić information content (AvgIpc) is 3.11. The van der Waals surface area contributed by atoms with Crippen molar-refractivity contribution in [1.29, 1.82) is 0 Å². The van der Waals surface area contributed by atoms with Gasteiger partial charge in [-0.2, -0.15) is 0 Å². The summed E-state index contributed by atoms with van der Waals surface area (Å²) in [5.41, 5.74) is 9.99. The number of aromatic nitrogens is 2. The molecule has 0 spiro atoms. The third kappa shape index (κ3) is 3.53. The number of fused-ring (bicyclic) bond motifs is 2. The number of hydrogen-bond acceptors (Lipinski definition) is 5. The van der Waals surface area contributed by atoms with Gasteiger partial charge in [-0.25, -0.2) is 9.97 Å². The normalized spacial score (nSPS) is 12.8. The minimum atomic E-state index is -0.145. The third-order valence-corrected chi connectivity index (χ3v) is 4.67. The Balaban J connectivity index is 1.71. The fourth-order valence-electron chi connectivity index (χ4n) is 3.31. The molecule has 3 aromatic rings. The maximum Gasteiger partial charge on any atom is 0.273 e. The Labute approximate surface area is 164 Å². The van der Waals surface area contributed by atoms with E-state index in [4.69, 9.17) is 5.73 Å². The molecule has 0 aliphatic carbocycles. The van der Waals surface area contributed by atoms with E-state index in [2.05, 4.69) is 21.8 Å². The number of nitrogen functional groups attached to an aromatic ring is 1. The maximum absolute atomic E-state index is 13.2. The van der Waals surface area contributed by atoms with Crippen LogP contribution in [0.1, 0.15) is 27.2 Å². The number of nitrogens with zero attached hydrogens (tertiary/aromatic N) is 4. The zero-order valence-electron chi connectivity index (χ0n) is 15.9. The van der Waals surface area contributed by atoms with Crippen molar-refractivity contribution in [3.8, 4) is 11.8 Å². The van der Waals surface area contributed by atoms with Gasteiger partial charge in [0, 0.05) is 24.0 Å². The second kappa shape index (κ2) is 7.29. The van der Waals surface area contributed by atoms with Crippen molar-refractivity contribution in [2.75, 3.05) is 26.4 Å². The number of carbonyl (C=O) groups excluding carboxylic acids is 1. The first kappa shape index (κ1) is 18.0. The van der Waals surface area contributed by atoms with Crippen molar-refractivity contribution >= 4 is 22.8 Å². The standard InChI is InChI=1S/C22H21N5O/c1-26(2)11-5-6-15-9-10-19-18(12-15)20(25-22(23)24-19)21(28)27-13-16-7-3-4-8-17(16)14-27/h3-4,7-10,12H,11,13-14H2,1-2H3,(H2,23,24,25). The van der Waals surface area contributed by atoms with Gasteiger partial charge in [-0.15, -0.1) is 0 Å². The summed E-state index contributed by atoms with van der Waals surface area (Å²) in [6.45, 7) is 1.81. The minimum absolute atomic E-state index is 0.0963. The average molecular weight is 371 g/mol. The second-order valence-electron chi connectivity index (χ2n) is 7.13. The first-order valence-electron chi connectivity index (χ1n) is 9.08. The highest BCUT2D eigenvalue weighted by Crippen LogP contribution is 2.26. The maximum atomic E-state index is 13.2. The summed E-state index contributed by atoms with van der Waals surface area (Å²) in [5.74, 6) is 6.19. The van der Waals surface area contributed by atoms with Crippen LogP contribution in [0.4, 0.5) is 5.95 Å². The number of benzene rings is 2. The molecule has 6 nitrogen and oxygen atoms in total. The SMILES string of the molecule is CN(C)CC#Cc1ccc2nc(N)nc(C(=O)N3Cc4ccccc4C3)c2c1. The lowest BCUT2D eigenvalue weighted by Crippen LogP contribution is -2.27. The topological polar surface area (TPSA) is 75.4 Å². The van der Waals surface area contributed by atoms with Crippen LogP contribution in [-0.2, 0) is 13.1 Å². The highest BCUT2D eigenvalue weighted by atomic mass is 16.2. The van der Waals surface area contributed by atoms with Crippen LogP contribution in [-0.4, -0.2) is 46.3 Å². The highest BCUT2D eigenvalue weighted by Gasteiger charge is 2.26. The molecule has 2 heterocycles. The predicted molar refractivity (Wildman–Crippen MR) is 109 cm³/mol. The Hall–Kier alpha value is -3.43. The molecule has 0 fully saturated rings. The van der Waals surface area contributed by atoms with E-state index < -0.39 is 0 Å². The zero-order chi connectivity index (χ0) is 19.7. The van der Waals surface area contributed by atoms with Crippen LogP contribution in [0.15, 0.2) is 42.5 Å². The lowest BCUT2D eigenvalue weighted by atomic mass is 10.1. The molecule has 1 amide bonds. The summed E-state index contributed by atoms with van der Waals surface area (Å²) in [6.07, 6.45) is 0. The lowest BCUT2D eigenvalue weighted by Gasteiger charge is -2.16. The van der Waals surface area contributed by atoms with Crippen molar-refractivity contribution in [3.63, 3.8) is 0 Å². The molecular weight excluding hydrogens is 350 g/mol. The van der Waals surface area contributed by atoms with E-state index in [0.29, 0.717) is 36.2 Å². The summed E-state index contributed by atoms with van der Waals surface area (Å²) in [7, 11) is 3.94. The molecule has 1 aliphatic rings. The number of amides is 1. The molecule has 6 heteroatoms. The molecule has 28 heavy (non-hydrogen) atoms. The molecule has 4 rings (SSSR count). The van der Waals surface area contributed by atoms with Crippen LogP contribution in [0, 0.1) is 11.8 Å². The summed E-state index contributed by atoms with van der Waals surface area (Å²) in [4.78, 5) is 25.6. The fraction of sp³-hybridized carbons (Fsp3) is 0.227. The molecule has 0 bridgehead atoms. The van der Waals surface area contributed by atoms with E-state index in [1.54, 1.807) is 4.90 Å². The van der Waals surface area contributed by atoms with E-state index in [1.165, 1.54) is 0 Å². The Morgan fingerprint density at radius 1 is 1.14 bits per heavy atom. The second-order valence-corrected chi connectivity index (χ2v) is 7.13. The van der Waals surface area contributed by atoms with Gasteiger partial charge in [0.1, 0.15) is 5.69 Å². The Morgan fingerprint density at radius 3 is 2.54 bits per heavy atom. The Bertz CT molecular complexity index is 1100. The number of hydrogen-bond donors (Lipinski definition) is 1. The van der Waals surface area contributed by atoms with Gasteiger partial charge >= 0.3 is 0 Å². The van der Waals surface area contributed by atoms with Crippen LogP contribution in [0.2, 0.25) is 0 Å². The summed E-state index contributed by atoms with van der Waals surface area (Å²) in [6, 6.07) is 13.7. The van der Waals surface area contributed by atoms with Crippen molar-refractivity contribution in [2.24, 2.45) is 0 Å². The molecule has 140 valence electrons. The molecule has 2 aromatic carbocycles. The van der Waals surface area contributed by atoms with Crippen LogP contribution < -0.4 is 5.73 Å². The highest BCUT2D eigenvalue weighted by molar-refractivity contribution is 6.05. The quantitative estimate of drug-likeness (QED) is 0.700. The predicted octanol–water partition coefficient (Wildman–Crippen LogP) is 2.28. The van der Waals surface area contributed by atoms with Crippen LogP contribution in [0.3, 0.4) is 0 Å². The zero-order valence-corrected chi connectivity index (χ0v) is 15.9. The molecule has 0 saturated carbocycles. The third-order valence-electron chi connectivity index (χ3n) is 4.67. The van der Waals surface area contributed by atoms with Gasteiger partial charge in [0.15, 0.2) is 0 Å². The molecular formula is C22H21N5O. The number of rotatable bonds is 2. The van der Waals surface area contributed by atoms with E-state index in [1.807, 2.05) is 61.5 Å². The van der Waals surface area contributed by atoms with Gasteiger partial charge in [-0.05, 0) is 43.4 Å². The van der Waals surface area contributed by atoms with E-state index >= 15 is 0 Å². The Kier molecular flexibility index (Phi) is 4.68. The van der Waals surface area contributed by atoms with Crippen molar-refractivity contribution in [2.45, 2.75) is 13.1 Å². The molecule has 0 unspecified atom stereocenters. The molecule has 1 aliphatic heterocycles. The summed E-state index contributed by atoms with van der Waals surface area (Å²) in [5, 5.41) is 0.673. The van der Waals surface area contributed by atoms with Crippen LogP contribution in [0.5, 0.6) is 0 Å². The Morgan fingerprint density at radius 2 is 1.86 bits per heavy atom. The number of nitrogens with two attached hydrogens (primary N) is 1. The van der Waals surface area contributed by atoms with Gasteiger partial charge in [0.05, 0.1) is 12.1 Å². The van der Waals surface area contributed by atoms with Gasteiger partial charge in [0.2, 0.25) is 5.95 Å². The molecule has 2 N–H and O–H groups in total. The van der Waals surface area contributed by atoms with E-state index in [0.717, 1.165) is 16.7 Å². The van der Waals surface area contributed by atoms with Crippen molar-refractivity contribution in [3.05, 3.63) is 64.8 Å². The van der Waals surface area contributed by atoms with Crippen molar-refractivity contribution in [1.82, 2.24) is 19.8 Å². The minimum Gasteiger partial charge on any atom is -0.368 e. The van der Waals surface area contributed by atoms with Gasteiger partial charge in [-0.3, -0.25) is 9.69 Å². The first-order chi connectivity index (χ1) is 13.5. The van der Waals surface area contributed by atoms with Crippen molar-refractivity contribution < 1.29 is 4.79 Å². The van der Waals surface area contributed by atoms with Gasteiger partial charge in [-0.1, -0.05) is 36.1 Å². The largest absolute Gasteiger partial charge is 0.368 e. The number of carbonyl (C=O) groups is 1. The molecule has 0 radical (unpaired) electrons. The number of anilines is 1. The summed E-state index contributed by atoms with van der Waals surface area (Å²) >= 11 is 0. The van der Waals surface area contributed by atoms with Crippen LogP contribution in [0.25, 0.3) is 10.9 Å². The molecule has 0 atom stereocenters. The first-order valence-corrected chi connectivity index (χ1v) is 9.08. The van der Waals surface area contributed by atoms with Crippen LogP contribution >= 0.6 is 0 Å². The van der Waals surface area contributed by atoms with Gasteiger partial charge in [0.25, 0.3) is 5.91 Å². The molecule has 1 aromatic heterocycles. The fourth-order valence-corrected chi connectivity index (χ4v) is 3.31. The summed E-state index contributed by atoms with van der Waals surface area (Å²) < 4.78 is 0. The van der Waals surface area contributed by atoms with E-state index in [-0.39, 0.29) is 11.9 Å².